The Hall–Kier alpha value is -2.03. The number of ether oxygens (including phenoxy) is 1. The minimum absolute atomic E-state index is 0.0575. The van der Waals surface area contributed by atoms with Crippen molar-refractivity contribution in [3.05, 3.63) is 34.4 Å². The molecule has 1 heterocycles. The van der Waals surface area contributed by atoms with Crippen molar-refractivity contribution in [2.45, 2.75) is 30.9 Å². The molecule has 4 rings (SSSR count). The second kappa shape index (κ2) is 6.25. The average Bonchev–Trinajstić information content (AvgIpc) is 3.05. The number of nitrogens with one attached hydrogen (secondary N) is 2. The van der Waals surface area contributed by atoms with Crippen molar-refractivity contribution >= 4 is 23.6 Å². The van der Waals surface area contributed by atoms with E-state index in [2.05, 4.69) is 10.6 Å². The van der Waals surface area contributed by atoms with Crippen molar-refractivity contribution in [1.29, 1.82) is 0 Å². The van der Waals surface area contributed by atoms with Crippen LogP contribution in [0.2, 0.25) is 5.02 Å². The van der Waals surface area contributed by atoms with Crippen LogP contribution in [0.25, 0.3) is 0 Å². The summed E-state index contributed by atoms with van der Waals surface area (Å²) in [7, 11) is 0. The van der Waals surface area contributed by atoms with Gasteiger partial charge in [-0.1, -0.05) is 17.7 Å². The molecule has 0 radical (unpaired) electrons. The number of halogens is 5. The predicted molar refractivity (Wildman–Crippen MR) is 85.2 cm³/mol. The van der Waals surface area contributed by atoms with E-state index >= 15 is 0 Å². The van der Waals surface area contributed by atoms with Gasteiger partial charge in [0, 0.05) is 17.4 Å². The second-order valence-electron chi connectivity index (χ2n) is 7.14. The maximum atomic E-state index is 14.5. The van der Waals surface area contributed by atoms with E-state index in [1.54, 1.807) is 0 Å². The molecule has 1 aliphatic heterocycles. The fraction of sp³-hybridized carbons (Fsp3) is 0.529. The quantitative estimate of drug-likeness (QED) is 0.596. The van der Waals surface area contributed by atoms with Gasteiger partial charge in [0.25, 0.3) is 11.8 Å². The smallest absolute Gasteiger partial charge is 0.408 e. The third-order valence-electron chi connectivity index (χ3n) is 5.62. The van der Waals surface area contributed by atoms with Crippen molar-refractivity contribution in [1.82, 2.24) is 10.6 Å². The standard InChI is InChI=1S/C17H15ClF4N2O3/c18-12-10(19)2-1-7(13(12)20)14(6-3-8-9(4-6)17(8,21)22)24-15(25)11-5-23-16(26)27-11/h1-2,6,8-9,11,14H,3-5H2,(H,23,26)(H,24,25)/t6?,8-,9+,11-,14?/m0/s1. The van der Waals surface area contributed by atoms with Crippen LogP contribution in [0.3, 0.4) is 0 Å². The van der Waals surface area contributed by atoms with Gasteiger partial charge < -0.3 is 15.4 Å². The molecule has 3 fully saturated rings. The lowest BCUT2D eigenvalue weighted by atomic mass is 9.88. The van der Waals surface area contributed by atoms with Crippen LogP contribution in [0.4, 0.5) is 22.4 Å². The molecule has 0 aromatic heterocycles. The number of cyclic esters (lactones) is 1. The van der Waals surface area contributed by atoms with Gasteiger partial charge in [-0.05, 0) is 24.8 Å². The van der Waals surface area contributed by atoms with Gasteiger partial charge in [0.15, 0.2) is 6.10 Å². The van der Waals surface area contributed by atoms with Crippen LogP contribution in [-0.2, 0) is 9.53 Å². The van der Waals surface area contributed by atoms with Crippen molar-refractivity contribution in [3.63, 3.8) is 0 Å². The minimum Gasteiger partial charge on any atom is -0.434 e. The SMILES string of the molecule is O=C1NC[C@@H](C(=O)NC(c2ccc(F)c(Cl)c2F)C2C[C@@H]3[C@H](C2)C3(F)F)O1. The summed E-state index contributed by atoms with van der Waals surface area (Å²) >= 11 is 5.64. The maximum absolute atomic E-state index is 14.5. The zero-order valence-electron chi connectivity index (χ0n) is 13.8. The largest absolute Gasteiger partial charge is 0.434 e. The highest BCUT2D eigenvalue weighted by atomic mass is 35.5. The van der Waals surface area contributed by atoms with Gasteiger partial charge in [-0.15, -0.1) is 0 Å². The van der Waals surface area contributed by atoms with E-state index in [-0.39, 0.29) is 24.9 Å². The highest BCUT2D eigenvalue weighted by Gasteiger charge is 2.72. The van der Waals surface area contributed by atoms with E-state index in [1.807, 2.05) is 0 Å². The maximum Gasteiger partial charge on any atom is 0.408 e. The van der Waals surface area contributed by atoms with E-state index < -0.39 is 64.5 Å². The number of hydrogen-bond donors (Lipinski definition) is 2. The Kier molecular flexibility index (Phi) is 4.25. The molecule has 5 atom stereocenters. The molecule has 0 bridgehead atoms. The lowest BCUT2D eigenvalue weighted by Crippen LogP contribution is -2.42. The van der Waals surface area contributed by atoms with E-state index in [1.165, 1.54) is 0 Å². The highest BCUT2D eigenvalue weighted by Crippen LogP contribution is 2.67. The van der Waals surface area contributed by atoms with E-state index in [0.29, 0.717) is 0 Å². The van der Waals surface area contributed by atoms with Gasteiger partial charge in [-0.3, -0.25) is 4.79 Å². The van der Waals surface area contributed by atoms with Crippen LogP contribution in [-0.4, -0.2) is 30.6 Å². The summed E-state index contributed by atoms with van der Waals surface area (Å²) < 4.78 is 59.9. The predicted octanol–water partition coefficient (Wildman–Crippen LogP) is 3.18. The van der Waals surface area contributed by atoms with Crippen molar-refractivity contribution in [2.24, 2.45) is 17.8 Å². The molecule has 1 aromatic carbocycles. The van der Waals surface area contributed by atoms with Crippen LogP contribution in [0.15, 0.2) is 12.1 Å². The zero-order chi connectivity index (χ0) is 19.5. The fourth-order valence-electron chi connectivity index (χ4n) is 4.14. The summed E-state index contributed by atoms with van der Waals surface area (Å²) in [6.45, 7) is -0.0575. The van der Waals surface area contributed by atoms with E-state index in [4.69, 9.17) is 16.3 Å². The van der Waals surface area contributed by atoms with E-state index in [0.717, 1.165) is 12.1 Å². The Labute approximate surface area is 156 Å². The molecule has 10 heteroatoms. The van der Waals surface area contributed by atoms with Crippen molar-refractivity contribution < 1.29 is 31.9 Å². The number of alkyl carbamates (subject to hydrolysis) is 1. The Bertz CT molecular complexity index is 808. The number of carbonyl (C=O) groups is 2. The summed E-state index contributed by atoms with van der Waals surface area (Å²) in [5.74, 6) is -7.49. The molecule has 0 spiro atoms. The summed E-state index contributed by atoms with van der Waals surface area (Å²) in [5.41, 5.74) is -0.0818. The molecule has 2 aliphatic carbocycles. The lowest BCUT2D eigenvalue weighted by molar-refractivity contribution is -0.129. The summed E-state index contributed by atoms with van der Waals surface area (Å²) in [5, 5.41) is 4.16. The number of benzene rings is 1. The van der Waals surface area contributed by atoms with Gasteiger partial charge in [-0.25, -0.2) is 22.4 Å². The molecule has 27 heavy (non-hydrogen) atoms. The average molecular weight is 407 g/mol. The molecular formula is C17H15ClF4N2O3. The minimum atomic E-state index is -2.73. The summed E-state index contributed by atoms with van der Waals surface area (Å²) in [4.78, 5) is 23.5. The molecule has 5 nitrogen and oxygen atoms in total. The molecule has 2 unspecified atom stereocenters. The molecule has 2 amide bonds. The number of rotatable bonds is 4. The number of carbonyl (C=O) groups excluding carboxylic acids is 2. The highest BCUT2D eigenvalue weighted by molar-refractivity contribution is 6.31. The van der Waals surface area contributed by atoms with Gasteiger partial charge in [0.1, 0.15) is 16.7 Å². The van der Waals surface area contributed by atoms with Crippen LogP contribution >= 0.6 is 11.6 Å². The van der Waals surface area contributed by atoms with Gasteiger partial charge in [0.05, 0.1) is 12.6 Å². The normalized spacial score (nSPS) is 31.7. The molecule has 1 aromatic rings. The Morgan fingerprint density at radius 1 is 1.30 bits per heavy atom. The van der Waals surface area contributed by atoms with Crippen molar-refractivity contribution in [3.8, 4) is 0 Å². The molecule has 146 valence electrons. The number of hydrogen-bond acceptors (Lipinski definition) is 3. The van der Waals surface area contributed by atoms with E-state index in [9.17, 15) is 27.2 Å². The molecule has 2 N–H and O–H groups in total. The molecular weight excluding hydrogens is 392 g/mol. The monoisotopic (exact) mass is 406 g/mol. The lowest BCUT2D eigenvalue weighted by Gasteiger charge is -2.28. The van der Waals surface area contributed by atoms with Gasteiger partial charge in [-0.2, -0.15) is 0 Å². The van der Waals surface area contributed by atoms with Gasteiger partial charge in [0.2, 0.25) is 0 Å². The third-order valence-corrected chi connectivity index (χ3v) is 5.97. The number of amides is 2. The van der Waals surface area contributed by atoms with Crippen LogP contribution in [0.1, 0.15) is 24.4 Å². The zero-order valence-corrected chi connectivity index (χ0v) is 14.5. The Balaban J connectivity index is 1.59. The Morgan fingerprint density at radius 2 is 1.96 bits per heavy atom. The number of fused-ring (bicyclic) bond motifs is 1. The first-order valence-electron chi connectivity index (χ1n) is 8.46. The molecule has 3 aliphatic rings. The fourth-order valence-corrected chi connectivity index (χ4v) is 4.31. The first kappa shape index (κ1) is 18.3. The summed E-state index contributed by atoms with van der Waals surface area (Å²) in [6.07, 6.45) is -1.68. The Morgan fingerprint density at radius 3 is 2.56 bits per heavy atom. The first-order chi connectivity index (χ1) is 12.7. The van der Waals surface area contributed by atoms with Crippen LogP contribution < -0.4 is 10.6 Å². The first-order valence-corrected chi connectivity index (χ1v) is 8.84. The molecule has 1 saturated heterocycles. The van der Waals surface area contributed by atoms with Crippen LogP contribution in [0, 0.1) is 29.4 Å². The molecule has 2 saturated carbocycles. The van der Waals surface area contributed by atoms with Gasteiger partial charge >= 0.3 is 6.09 Å². The van der Waals surface area contributed by atoms with Crippen molar-refractivity contribution in [2.75, 3.05) is 6.54 Å². The van der Waals surface area contributed by atoms with Crippen LogP contribution in [0.5, 0.6) is 0 Å². The number of alkyl halides is 2. The second-order valence-corrected chi connectivity index (χ2v) is 7.52. The third kappa shape index (κ3) is 3.01. The topological polar surface area (TPSA) is 67.4 Å². The summed E-state index contributed by atoms with van der Waals surface area (Å²) in [6, 6.07) is 1.11.